The smallest absolute Gasteiger partial charge is 0.264 e. The molecule has 2 aromatic carbocycles. The number of nitrogens with two attached hydrogens (primary N) is 1. The molecule has 0 aliphatic carbocycles. The molecule has 0 aliphatic rings. The van der Waals surface area contributed by atoms with Crippen LogP contribution < -0.4 is 10.5 Å². The largest absolute Gasteiger partial charge is 0.399 e. The van der Waals surface area contributed by atoms with Crippen LogP contribution in [0.15, 0.2) is 47.4 Å². The van der Waals surface area contributed by atoms with Gasteiger partial charge in [-0.25, -0.2) is 12.8 Å². The minimum absolute atomic E-state index is 0.250. The van der Waals surface area contributed by atoms with Gasteiger partial charge in [-0.15, -0.1) is 0 Å². The van der Waals surface area contributed by atoms with E-state index in [4.69, 9.17) is 17.3 Å². The van der Waals surface area contributed by atoms with Crippen LogP contribution in [-0.4, -0.2) is 8.42 Å². The van der Waals surface area contributed by atoms with Gasteiger partial charge in [-0.3, -0.25) is 4.72 Å². The second-order valence-corrected chi connectivity index (χ2v) is 5.84. The van der Waals surface area contributed by atoms with E-state index in [0.29, 0.717) is 5.69 Å². The van der Waals surface area contributed by atoms with Crippen molar-refractivity contribution >= 4 is 33.0 Å². The third-order valence-electron chi connectivity index (χ3n) is 2.37. The molecule has 2 rings (SSSR count). The molecule has 4 nitrogen and oxygen atoms in total. The van der Waals surface area contributed by atoms with E-state index < -0.39 is 20.7 Å². The van der Waals surface area contributed by atoms with Crippen LogP contribution in [0.25, 0.3) is 0 Å². The Morgan fingerprint density at radius 2 is 1.74 bits per heavy atom. The maximum atomic E-state index is 13.7. The Balaban J connectivity index is 2.38. The summed E-state index contributed by atoms with van der Waals surface area (Å²) in [6, 6.07) is 9.81. The molecule has 2 aromatic rings. The van der Waals surface area contributed by atoms with Gasteiger partial charge in [-0.05, 0) is 36.4 Å². The van der Waals surface area contributed by atoms with Crippen LogP contribution in [0.2, 0.25) is 5.02 Å². The molecule has 0 atom stereocenters. The number of sulfonamides is 1. The van der Waals surface area contributed by atoms with E-state index in [0.717, 1.165) is 6.07 Å². The third-order valence-corrected chi connectivity index (χ3v) is 4.06. The average molecular weight is 301 g/mol. The SMILES string of the molecule is Nc1ccc(NS(=O)(=O)c2cccc(Cl)c2F)cc1. The Bertz CT molecular complexity index is 702. The highest BCUT2D eigenvalue weighted by Crippen LogP contribution is 2.24. The summed E-state index contributed by atoms with van der Waals surface area (Å²) >= 11 is 5.56. The topological polar surface area (TPSA) is 72.2 Å². The van der Waals surface area contributed by atoms with Crippen LogP contribution in [0.4, 0.5) is 15.8 Å². The molecular formula is C12H10ClFN2O2S. The van der Waals surface area contributed by atoms with E-state index in [9.17, 15) is 12.8 Å². The molecule has 0 spiro atoms. The van der Waals surface area contributed by atoms with E-state index in [-0.39, 0.29) is 10.7 Å². The van der Waals surface area contributed by atoms with E-state index in [1.807, 2.05) is 0 Å². The molecule has 0 aromatic heterocycles. The van der Waals surface area contributed by atoms with Crippen LogP contribution >= 0.6 is 11.6 Å². The van der Waals surface area contributed by atoms with Gasteiger partial charge >= 0.3 is 0 Å². The zero-order valence-electron chi connectivity index (χ0n) is 9.60. The highest BCUT2D eigenvalue weighted by atomic mass is 35.5. The van der Waals surface area contributed by atoms with Crippen LogP contribution in [0.1, 0.15) is 0 Å². The van der Waals surface area contributed by atoms with Gasteiger partial charge in [0.2, 0.25) is 0 Å². The Morgan fingerprint density at radius 1 is 1.11 bits per heavy atom. The van der Waals surface area contributed by atoms with Crippen molar-refractivity contribution in [2.75, 3.05) is 10.5 Å². The van der Waals surface area contributed by atoms with E-state index in [2.05, 4.69) is 4.72 Å². The number of benzene rings is 2. The van der Waals surface area contributed by atoms with Crippen LogP contribution in [0, 0.1) is 5.82 Å². The molecule has 0 fully saturated rings. The zero-order chi connectivity index (χ0) is 14.0. The highest BCUT2D eigenvalue weighted by molar-refractivity contribution is 7.92. The predicted molar refractivity (Wildman–Crippen MR) is 73.1 cm³/mol. The van der Waals surface area contributed by atoms with Gasteiger partial charge in [0.15, 0.2) is 5.82 Å². The van der Waals surface area contributed by atoms with Crippen molar-refractivity contribution in [1.82, 2.24) is 0 Å². The fraction of sp³-hybridized carbons (Fsp3) is 0. The molecule has 0 amide bonds. The molecule has 0 saturated heterocycles. The summed E-state index contributed by atoms with van der Waals surface area (Å²) in [4.78, 5) is -0.503. The summed E-state index contributed by atoms with van der Waals surface area (Å²) in [5.41, 5.74) is 6.27. The Morgan fingerprint density at radius 3 is 2.37 bits per heavy atom. The number of hydrogen-bond donors (Lipinski definition) is 2. The lowest BCUT2D eigenvalue weighted by atomic mass is 10.3. The number of nitrogens with one attached hydrogen (secondary N) is 1. The van der Waals surface area contributed by atoms with E-state index >= 15 is 0 Å². The fourth-order valence-electron chi connectivity index (χ4n) is 1.45. The lowest BCUT2D eigenvalue weighted by Crippen LogP contribution is -2.14. The average Bonchev–Trinajstić information content (AvgIpc) is 2.35. The molecule has 100 valence electrons. The van der Waals surface area contributed by atoms with Crippen molar-refractivity contribution in [1.29, 1.82) is 0 Å². The molecule has 0 heterocycles. The molecule has 0 bridgehead atoms. The molecular weight excluding hydrogens is 291 g/mol. The summed E-state index contributed by atoms with van der Waals surface area (Å²) in [5, 5.41) is -0.250. The van der Waals surface area contributed by atoms with Crippen molar-refractivity contribution in [3.05, 3.63) is 53.3 Å². The van der Waals surface area contributed by atoms with Crippen molar-refractivity contribution in [2.45, 2.75) is 4.90 Å². The van der Waals surface area contributed by atoms with Gasteiger partial charge < -0.3 is 5.73 Å². The van der Waals surface area contributed by atoms with Crippen LogP contribution in [0.3, 0.4) is 0 Å². The summed E-state index contributed by atoms with van der Waals surface area (Å²) < 4.78 is 40.0. The molecule has 0 aliphatic heterocycles. The first-order valence-corrected chi connectivity index (χ1v) is 7.08. The van der Waals surface area contributed by atoms with Gasteiger partial charge in [-0.2, -0.15) is 0 Å². The maximum absolute atomic E-state index is 13.7. The second kappa shape index (κ2) is 5.07. The molecule has 3 N–H and O–H groups in total. The number of hydrogen-bond acceptors (Lipinski definition) is 3. The van der Waals surface area contributed by atoms with Crippen molar-refractivity contribution < 1.29 is 12.8 Å². The molecule has 19 heavy (non-hydrogen) atoms. The predicted octanol–water partition coefficient (Wildman–Crippen LogP) is 2.86. The van der Waals surface area contributed by atoms with E-state index in [1.165, 1.54) is 36.4 Å². The first kappa shape index (κ1) is 13.6. The minimum atomic E-state index is -4.03. The molecule has 0 unspecified atom stereocenters. The monoisotopic (exact) mass is 300 g/mol. The summed E-state index contributed by atoms with van der Waals surface area (Å²) in [6.45, 7) is 0. The molecule has 0 radical (unpaired) electrons. The summed E-state index contributed by atoms with van der Waals surface area (Å²) in [5.74, 6) is -0.980. The van der Waals surface area contributed by atoms with Crippen molar-refractivity contribution in [3.63, 3.8) is 0 Å². The third kappa shape index (κ3) is 2.97. The van der Waals surface area contributed by atoms with Gasteiger partial charge in [-0.1, -0.05) is 17.7 Å². The summed E-state index contributed by atoms with van der Waals surface area (Å²) in [6.07, 6.45) is 0. The van der Waals surface area contributed by atoms with Crippen molar-refractivity contribution in [2.24, 2.45) is 0 Å². The van der Waals surface area contributed by atoms with Crippen LogP contribution in [-0.2, 0) is 10.0 Å². The van der Waals surface area contributed by atoms with Gasteiger partial charge in [0.05, 0.1) is 5.02 Å². The standard InChI is InChI=1S/C12H10ClFN2O2S/c13-10-2-1-3-11(12(10)14)19(17,18)16-9-6-4-8(15)5-7-9/h1-7,16H,15H2. The summed E-state index contributed by atoms with van der Waals surface area (Å²) in [7, 11) is -4.03. The number of anilines is 2. The number of halogens is 2. The van der Waals surface area contributed by atoms with Crippen LogP contribution in [0.5, 0.6) is 0 Å². The lowest BCUT2D eigenvalue weighted by molar-refractivity contribution is 0.570. The zero-order valence-corrected chi connectivity index (χ0v) is 11.2. The Kier molecular flexibility index (Phi) is 3.64. The highest BCUT2D eigenvalue weighted by Gasteiger charge is 2.20. The first-order chi connectivity index (χ1) is 8.90. The number of nitrogen functional groups attached to an aromatic ring is 1. The maximum Gasteiger partial charge on any atom is 0.264 e. The van der Waals surface area contributed by atoms with Crippen molar-refractivity contribution in [3.8, 4) is 0 Å². The second-order valence-electron chi connectivity index (χ2n) is 3.78. The Labute approximate surface area is 115 Å². The van der Waals surface area contributed by atoms with Gasteiger partial charge in [0.25, 0.3) is 10.0 Å². The first-order valence-electron chi connectivity index (χ1n) is 5.22. The number of rotatable bonds is 3. The van der Waals surface area contributed by atoms with E-state index in [1.54, 1.807) is 0 Å². The quantitative estimate of drug-likeness (QED) is 0.856. The normalized spacial score (nSPS) is 11.3. The fourth-order valence-corrected chi connectivity index (χ4v) is 2.84. The molecule has 0 saturated carbocycles. The molecule has 7 heteroatoms. The minimum Gasteiger partial charge on any atom is -0.399 e. The lowest BCUT2D eigenvalue weighted by Gasteiger charge is -2.09. The van der Waals surface area contributed by atoms with Gasteiger partial charge in [0, 0.05) is 11.4 Å². The Hall–Kier alpha value is -1.79. The van der Waals surface area contributed by atoms with Gasteiger partial charge in [0.1, 0.15) is 4.90 Å².